The minimum atomic E-state index is -0.776. The maximum Gasteiger partial charge on any atom is 0.404 e. The van der Waals surface area contributed by atoms with Gasteiger partial charge in [0, 0.05) is 83.4 Å². The molecule has 1 atom stereocenters. The van der Waals surface area contributed by atoms with Crippen LogP contribution in [0.4, 0.5) is 10.5 Å². The SMILES string of the molecule is NC(=O)OC1CCN(C(=O)CCN2CCN(c3ccnc(C(=O)NC4CCC(=O)NC4=O)c3)CC2)CC1. The highest BCUT2D eigenvalue weighted by atomic mass is 16.6. The minimum Gasteiger partial charge on any atom is -0.446 e. The van der Waals surface area contributed by atoms with Crippen molar-refractivity contribution in [2.24, 2.45) is 5.73 Å². The van der Waals surface area contributed by atoms with E-state index in [1.165, 1.54) is 0 Å². The molecule has 4 N–H and O–H groups in total. The number of imide groups is 1. The van der Waals surface area contributed by atoms with Crippen LogP contribution in [0, 0.1) is 0 Å². The van der Waals surface area contributed by atoms with E-state index in [-0.39, 0.29) is 36.5 Å². The molecule has 0 aliphatic carbocycles. The lowest BCUT2D eigenvalue weighted by molar-refractivity contribution is -0.135. The maximum absolute atomic E-state index is 12.6. The third-order valence-electron chi connectivity index (χ3n) is 6.98. The lowest BCUT2D eigenvalue weighted by Crippen LogP contribution is -2.52. The topological polar surface area (TPSA) is 167 Å². The highest BCUT2D eigenvalue weighted by Crippen LogP contribution is 2.18. The van der Waals surface area contributed by atoms with E-state index in [9.17, 15) is 24.0 Å². The van der Waals surface area contributed by atoms with Crippen molar-refractivity contribution < 1.29 is 28.7 Å². The molecule has 13 heteroatoms. The molecule has 1 aromatic rings. The van der Waals surface area contributed by atoms with Gasteiger partial charge in [-0.25, -0.2) is 4.79 Å². The van der Waals surface area contributed by atoms with Crippen LogP contribution >= 0.6 is 0 Å². The summed E-state index contributed by atoms with van der Waals surface area (Å²) in [6.45, 7) is 4.83. The molecule has 3 fully saturated rings. The van der Waals surface area contributed by atoms with Crippen LogP contribution in [0.5, 0.6) is 0 Å². The molecule has 5 amide bonds. The standard InChI is InChI=1S/C24H33N7O6/c25-24(36)37-17-4-9-31(10-5-17)21(33)6-8-29-11-13-30(14-12-29)16-3-7-26-19(15-16)23(35)27-18-1-2-20(32)28-22(18)34/h3,7,15,17-18H,1-2,4-6,8-14H2,(H2,25,36)(H,27,35)(H,28,32,34). The minimum absolute atomic E-state index is 0.0979. The van der Waals surface area contributed by atoms with Crippen molar-refractivity contribution in [3.05, 3.63) is 24.0 Å². The highest BCUT2D eigenvalue weighted by Gasteiger charge is 2.29. The molecular formula is C24H33N7O6. The zero-order valence-electron chi connectivity index (χ0n) is 20.7. The zero-order chi connectivity index (χ0) is 26.4. The maximum atomic E-state index is 12.6. The first-order valence-electron chi connectivity index (χ1n) is 12.6. The van der Waals surface area contributed by atoms with Crippen molar-refractivity contribution in [2.45, 2.75) is 44.2 Å². The van der Waals surface area contributed by atoms with E-state index in [0.717, 1.165) is 31.9 Å². The number of nitrogens with zero attached hydrogens (tertiary/aromatic N) is 4. The Morgan fingerprint density at radius 3 is 2.49 bits per heavy atom. The van der Waals surface area contributed by atoms with Crippen LogP contribution in [0.15, 0.2) is 18.3 Å². The van der Waals surface area contributed by atoms with Crippen LogP contribution in [0.3, 0.4) is 0 Å². The van der Waals surface area contributed by atoms with Gasteiger partial charge in [-0.3, -0.25) is 34.4 Å². The van der Waals surface area contributed by atoms with Gasteiger partial charge >= 0.3 is 6.09 Å². The van der Waals surface area contributed by atoms with Crippen LogP contribution < -0.4 is 21.3 Å². The highest BCUT2D eigenvalue weighted by molar-refractivity contribution is 6.03. The van der Waals surface area contributed by atoms with E-state index in [2.05, 4.69) is 25.4 Å². The second-order valence-electron chi connectivity index (χ2n) is 9.47. The molecule has 3 aliphatic heterocycles. The number of aromatic nitrogens is 1. The fourth-order valence-corrected chi connectivity index (χ4v) is 4.83. The van der Waals surface area contributed by atoms with E-state index in [1.807, 2.05) is 11.0 Å². The number of piperidine rings is 2. The first-order chi connectivity index (χ1) is 17.8. The van der Waals surface area contributed by atoms with E-state index < -0.39 is 23.9 Å². The molecule has 200 valence electrons. The number of ether oxygens (including phenoxy) is 1. The molecule has 0 saturated carbocycles. The Morgan fingerprint density at radius 1 is 1.08 bits per heavy atom. The number of primary amides is 1. The van der Waals surface area contributed by atoms with Crippen LogP contribution in [0.1, 0.15) is 42.6 Å². The number of carbonyl (C=O) groups is 5. The first-order valence-corrected chi connectivity index (χ1v) is 12.6. The van der Waals surface area contributed by atoms with Gasteiger partial charge in [0.25, 0.3) is 5.91 Å². The van der Waals surface area contributed by atoms with Crippen molar-refractivity contribution in [1.82, 2.24) is 25.4 Å². The van der Waals surface area contributed by atoms with Crippen molar-refractivity contribution >= 4 is 35.4 Å². The van der Waals surface area contributed by atoms with E-state index >= 15 is 0 Å². The van der Waals surface area contributed by atoms with Crippen LogP contribution in [0.25, 0.3) is 0 Å². The normalized spacial score (nSPS) is 21.4. The molecule has 0 bridgehead atoms. The summed E-state index contributed by atoms with van der Waals surface area (Å²) >= 11 is 0. The monoisotopic (exact) mass is 515 g/mol. The second kappa shape index (κ2) is 12.0. The molecule has 37 heavy (non-hydrogen) atoms. The van der Waals surface area contributed by atoms with Crippen LogP contribution in [-0.2, 0) is 19.1 Å². The summed E-state index contributed by atoms with van der Waals surface area (Å²) in [5.41, 5.74) is 6.13. The summed E-state index contributed by atoms with van der Waals surface area (Å²) in [5, 5.41) is 4.88. The van der Waals surface area contributed by atoms with E-state index in [4.69, 9.17) is 10.5 Å². The summed E-state index contributed by atoms with van der Waals surface area (Å²) in [4.78, 5) is 69.7. The lowest BCUT2D eigenvalue weighted by Gasteiger charge is -2.36. The Hall–Kier alpha value is -3.74. The van der Waals surface area contributed by atoms with Gasteiger partial charge in [-0.2, -0.15) is 0 Å². The van der Waals surface area contributed by atoms with Gasteiger partial charge < -0.3 is 25.6 Å². The number of piperazine rings is 1. The van der Waals surface area contributed by atoms with Gasteiger partial charge in [0.1, 0.15) is 17.8 Å². The Kier molecular flexibility index (Phi) is 8.54. The first kappa shape index (κ1) is 26.3. The average Bonchev–Trinajstić information content (AvgIpc) is 2.89. The number of hydrogen-bond donors (Lipinski definition) is 3. The number of hydrogen-bond acceptors (Lipinski definition) is 9. The van der Waals surface area contributed by atoms with Gasteiger partial charge in [0.05, 0.1) is 0 Å². The lowest BCUT2D eigenvalue weighted by atomic mass is 10.1. The number of carbonyl (C=O) groups excluding carboxylic acids is 5. The van der Waals surface area contributed by atoms with Crippen LogP contribution in [0.2, 0.25) is 0 Å². The number of nitrogens with one attached hydrogen (secondary N) is 2. The van der Waals surface area contributed by atoms with Crippen molar-refractivity contribution in [1.29, 1.82) is 0 Å². The van der Waals surface area contributed by atoms with Crippen LogP contribution in [-0.4, -0.2) is 102 Å². The third kappa shape index (κ3) is 7.15. The van der Waals surface area contributed by atoms with Crippen molar-refractivity contribution in [3.63, 3.8) is 0 Å². The van der Waals surface area contributed by atoms with Gasteiger partial charge in [-0.1, -0.05) is 0 Å². The van der Waals surface area contributed by atoms with Crippen molar-refractivity contribution in [3.8, 4) is 0 Å². The summed E-state index contributed by atoms with van der Waals surface area (Å²) in [7, 11) is 0. The van der Waals surface area contributed by atoms with E-state index in [0.29, 0.717) is 38.9 Å². The Morgan fingerprint density at radius 2 is 1.81 bits per heavy atom. The fraction of sp³-hybridized carbons (Fsp3) is 0.583. The number of likely N-dealkylation sites (tertiary alicyclic amines) is 1. The molecule has 0 spiro atoms. The molecule has 3 aliphatic rings. The van der Waals surface area contributed by atoms with E-state index in [1.54, 1.807) is 12.3 Å². The third-order valence-corrected chi connectivity index (χ3v) is 6.98. The van der Waals surface area contributed by atoms with Gasteiger partial charge in [-0.15, -0.1) is 0 Å². The molecule has 3 saturated heterocycles. The summed E-state index contributed by atoms with van der Waals surface area (Å²) in [6, 6.07) is 2.79. The Balaban J connectivity index is 1.20. The molecule has 1 aromatic heterocycles. The fourth-order valence-electron chi connectivity index (χ4n) is 4.83. The van der Waals surface area contributed by atoms with Gasteiger partial charge in [-0.05, 0) is 18.6 Å². The van der Waals surface area contributed by atoms with Gasteiger partial charge in [0.2, 0.25) is 17.7 Å². The molecule has 0 aromatic carbocycles. The number of amides is 5. The van der Waals surface area contributed by atoms with Gasteiger partial charge in [0.15, 0.2) is 0 Å². The predicted octanol–water partition coefficient (Wildman–Crippen LogP) is -0.785. The smallest absolute Gasteiger partial charge is 0.404 e. The average molecular weight is 516 g/mol. The molecule has 1 unspecified atom stereocenters. The predicted molar refractivity (Wildman–Crippen MR) is 131 cm³/mol. The Bertz CT molecular complexity index is 1030. The quantitative estimate of drug-likeness (QED) is 0.394. The summed E-state index contributed by atoms with van der Waals surface area (Å²) < 4.78 is 5.02. The van der Waals surface area contributed by atoms with Crippen molar-refractivity contribution in [2.75, 3.05) is 50.7 Å². The number of anilines is 1. The number of nitrogens with two attached hydrogens (primary N) is 1. The molecule has 13 nitrogen and oxygen atoms in total. The molecule has 4 heterocycles. The zero-order valence-corrected chi connectivity index (χ0v) is 20.7. The number of rotatable bonds is 7. The second-order valence-corrected chi connectivity index (χ2v) is 9.47. The summed E-state index contributed by atoms with van der Waals surface area (Å²) in [5.74, 6) is -1.20. The molecule has 0 radical (unpaired) electrons. The largest absolute Gasteiger partial charge is 0.446 e. The number of pyridine rings is 1. The Labute approximate surface area is 214 Å². The summed E-state index contributed by atoms with van der Waals surface area (Å²) in [6.07, 6.45) is 2.67. The molecule has 4 rings (SSSR count). The molecular weight excluding hydrogens is 482 g/mol.